The fourth-order valence-corrected chi connectivity index (χ4v) is 4.15. The summed E-state index contributed by atoms with van der Waals surface area (Å²) in [7, 11) is 0. The van der Waals surface area contributed by atoms with Gasteiger partial charge >= 0.3 is 29.6 Å². The molecule has 0 spiro atoms. The van der Waals surface area contributed by atoms with Crippen LogP contribution in [0.4, 0.5) is 0 Å². The zero-order valence-corrected chi connectivity index (χ0v) is 25.8. The van der Waals surface area contributed by atoms with Gasteiger partial charge < -0.3 is 29.4 Å². The molecule has 0 bridgehead atoms. The molecule has 0 aromatic heterocycles. The number of rotatable bonds is 17. The van der Waals surface area contributed by atoms with E-state index in [4.69, 9.17) is 14.2 Å². The van der Waals surface area contributed by atoms with Crippen LogP contribution in [0.15, 0.2) is 72.8 Å². The number of carboxylic acids is 1. The second kappa shape index (κ2) is 18.6. The number of carbonyl (C=O) groups is 2. The van der Waals surface area contributed by atoms with Crippen LogP contribution in [0.25, 0.3) is 11.1 Å². The van der Waals surface area contributed by atoms with E-state index >= 15 is 0 Å². The van der Waals surface area contributed by atoms with Crippen molar-refractivity contribution in [2.24, 2.45) is 5.92 Å². The van der Waals surface area contributed by atoms with E-state index in [0.717, 1.165) is 35.1 Å². The molecule has 3 aromatic carbocycles. The predicted molar refractivity (Wildman–Crippen MR) is 149 cm³/mol. The summed E-state index contributed by atoms with van der Waals surface area (Å²) in [5.74, 6) is -0.973. The van der Waals surface area contributed by atoms with E-state index in [-0.39, 0.29) is 42.3 Å². The summed E-state index contributed by atoms with van der Waals surface area (Å²) in [5.41, 5.74) is 4.63. The minimum atomic E-state index is -0.998. The molecule has 1 amide bonds. The molecule has 3 aromatic rings. The Labute approximate surface area is 259 Å². The van der Waals surface area contributed by atoms with Crippen molar-refractivity contribution in [1.82, 2.24) is 5.32 Å². The van der Waals surface area contributed by atoms with Crippen molar-refractivity contribution in [1.29, 1.82) is 0 Å². The first-order chi connectivity index (χ1) is 19.0. The molecule has 40 heavy (non-hydrogen) atoms. The predicted octanol–water partition coefficient (Wildman–Crippen LogP) is 1.78. The summed E-state index contributed by atoms with van der Waals surface area (Å²) in [6, 6.07) is 23.0. The van der Waals surface area contributed by atoms with Crippen LogP contribution in [0.2, 0.25) is 0 Å². The molecule has 0 heterocycles. The Kier molecular flexibility index (Phi) is 15.6. The molecule has 208 valence electrons. The van der Waals surface area contributed by atoms with E-state index in [9.17, 15) is 14.7 Å². The monoisotopic (exact) mass is 555 g/mol. The first-order valence-corrected chi connectivity index (χ1v) is 13.6. The van der Waals surface area contributed by atoms with Crippen molar-refractivity contribution in [3.05, 3.63) is 89.5 Å². The van der Waals surface area contributed by atoms with Crippen molar-refractivity contribution in [3.63, 3.8) is 0 Å². The Morgan fingerprint density at radius 1 is 0.900 bits per heavy atom. The average Bonchev–Trinajstić information content (AvgIpc) is 2.96. The van der Waals surface area contributed by atoms with Crippen molar-refractivity contribution >= 4 is 11.9 Å². The van der Waals surface area contributed by atoms with Gasteiger partial charge in [-0.05, 0) is 72.4 Å². The second-order valence-electron chi connectivity index (χ2n) is 9.35. The Hall–Kier alpha value is -2.68. The first-order valence-electron chi connectivity index (χ1n) is 13.6. The molecule has 0 aliphatic carbocycles. The molecule has 0 saturated heterocycles. The van der Waals surface area contributed by atoms with E-state index in [2.05, 4.69) is 11.4 Å². The average molecular weight is 556 g/mol. The number of amides is 1. The van der Waals surface area contributed by atoms with Crippen LogP contribution in [0.1, 0.15) is 54.6 Å². The van der Waals surface area contributed by atoms with Crippen molar-refractivity contribution in [2.45, 2.75) is 46.1 Å². The molecule has 7 nitrogen and oxygen atoms in total. The Balaban J connectivity index is 0.00000560. The number of carboxylic acid groups (broad SMARTS) is 1. The van der Waals surface area contributed by atoms with Gasteiger partial charge in [0.2, 0.25) is 0 Å². The standard InChI is InChI=1S/C32H39NO6.Na/c1-3-5-8-29(32(35)36)20-24-10-16-30(17-11-24)39-19-18-33-31(34)27-14-12-26(13-15-27)28-9-6-7-25(21-28)22-38-23-37-4-2;/h6-7,9-17,21,29H,3-5,8,18-20,22-23H2,1-2H3,(H,33,34)(H,35,36);/q;+1/p-1. The molecular weight excluding hydrogens is 517 g/mol. The number of ether oxygens (including phenoxy) is 3. The number of unbranched alkanes of at least 4 members (excludes halogenated alkanes) is 1. The molecule has 3 rings (SSSR count). The Morgan fingerprint density at radius 2 is 1.65 bits per heavy atom. The van der Waals surface area contributed by atoms with Crippen molar-refractivity contribution < 1.29 is 58.5 Å². The van der Waals surface area contributed by atoms with E-state index < -0.39 is 11.9 Å². The van der Waals surface area contributed by atoms with Crippen molar-refractivity contribution in [2.75, 3.05) is 26.6 Å². The minimum absolute atomic E-state index is 0. The number of aliphatic carboxylic acids is 1. The Morgan fingerprint density at radius 3 is 2.33 bits per heavy atom. The number of hydrogen-bond donors (Lipinski definition) is 1. The summed E-state index contributed by atoms with van der Waals surface area (Å²) >= 11 is 0. The molecule has 1 atom stereocenters. The van der Waals surface area contributed by atoms with Gasteiger partial charge in [-0.2, -0.15) is 0 Å². The molecule has 8 heteroatoms. The third-order valence-corrected chi connectivity index (χ3v) is 6.35. The topological polar surface area (TPSA) is 96.9 Å². The molecule has 0 aliphatic rings. The number of carbonyl (C=O) groups excluding carboxylic acids is 2. The van der Waals surface area contributed by atoms with Crippen LogP contribution in [0, 0.1) is 5.92 Å². The summed E-state index contributed by atoms with van der Waals surface area (Å²) in [4.78, 5) is 23.9. The molecule has 0 aliphatic heterocycles. The maximum atomic E-state index is 12.6. The summed E-state index contributed by atoms with van der Waals surface area (Å²) in [5, 5.41) is 14.2. The maximum Gasteiger partial charge on any atom is 1.00 e. The molecule has 1 unspecified atom stereocenters. The van der Waals surface area contributed by atoms with Crippen LogP contribution < -0.4 is 44.7 Å². The van der Waals surface area contributed by atoms with E-state index in [1.807, 2.05) is 80.6 Å². The smallest absolute Gasteiger partial charge is 0.550 e. The molecule has 1 N–H and O–H groups in total. The minimum Gasteiger partial charge on any atom is -0.550 e. The third kappa shape index (κ3) is 11.4. The SMILES string of the molecule is CCCCC(Cc1ccc(OCCNC(=O)c2ccc(-c3cccc(COCOCC)c3)cc2)cc1)C(=O)[O-].[Na+]. The zero-order valence-electron chi connectivity index (χ0n) is 23.8. The number of nitrogens with one attached hydrogen (secondary N) is 1. The van der Waals surface area contributed by atoms with Crippen LogP contribution >= 0.6 is 0 Å². The van der Waals surface area contributed by atoms with Gasteiger partial charge in [-0.15, -0.1) is 0 Å². The van der Waals surface area contributed by atoms with Gasteiger partial charge in [0.25, 0.3) is 5.91 Å². The van der Waals surface area contributed by atoms with Gasteiger partial charge in [0.15, 0.2) is 0 Å². The van der Waals surface area contributed by atoms with Gasteiger partial charge in [0.05, 0.1) is 13.2 Å². The van der Waals surface area contributed by atoms with Crippen LogP contribution in [0.3, 0.4) is 0 Å². The molecule has 0 fully saturated rings. The third-order valence-electron chi connectivity index (χ3n) is 6.35. The van der Waals surface area contributed by atoms with Gasteiger partial charge in [0, 0.05) is 24.1 Å². The van der Waals surface area contributed by atoms with Gasteiger partial charge in [-0.25, -0.2) is 0 Å². The van der Waals surface area contributed by atoms with E-state index in [0.29, 0.717) is 50.5 Å². The molecule has 0 radical (unpaired) electrons. The normalized spacial score (nSPS) is 11.3. The van der Waals surface area contributed by atoms with Gasteiger partial charge in [-0.1, -0.05) is 62.2 Å². The van der Waals surface area contributed by atoms with E-state index in [1.165, 1.54) is 0 Å². The second-order valence-corrected chi connectivity index (χ2v) is 9.35. The van der Waals surface area contributed by atoms with Crippen LogP contribution in [0.5, 0.6) is 5.75 Å². The van der Waals surface area contributed by atoms with Crippen LogP contribution in [-0.4, -0.2) is 38.4 Å². The number of benzene rings is 3. The fourth-order valence-electron chi connectivity index (χ4n) is 4.15. The molecule has 0 saturated carbocycles. The van der Waals surface area contributed by atoms with Crippen LogP contribution in [-0.2, 0) is 27.3 Å². The van der Waals surface area contributed by atoms with E-state index in [1.54, 1.807) is 0 Å². The number of hydrogen-bond acceptors (Lipinski definition) is 6. The summed E-state index contributed by atoms with van der Waals surface area (Å²) in [6.45, 7) is 6.01. The van der Waals surface area contributed by atoms with Gasteiger partial charge in [0.1, 0.15) is 19.1 Å². The fraction of sp³-hybridized carbons (Fsp3) is 0.375. The summed E-state index contributed by atoms with van der Waals surface area (Å²) < 4.78 is 16.4. The largest absolute Gasteiger partial charge is 1.00 e. The maximum absolute atomic E-state index is 12.6. The quantitative estimate of drug-likeness (QED) is 0.155. The van der Waals surface area contributed by atoms with Gasteiger partial charge in [-0.3, -0.25) is 4.79 Å². The van der Waals surface area contributed by atoms with Crippen molar-refractivity contribution in [3.8, 4) is 16.9 Å². The first kappa shape index (κ1) is 33.5. The zero-order chi connectivity index (χ0) is 27.9. The summed E-state index contributed by atoms with van der Waals surface area (Å²) in [6.07, 6.45) is 2.90. The molecular formula is C32H38NNaO6. The Bertz CT molecular complexity index is 1170.